The van der Waals surface area contributed by atoms with Gasteiger partial charge in [0.05, 0.1) is 13.2 Å². The van der Waals surface area contributed by atoms with Crippen molar-refractivity contribution in [2.75, 3.05) is 39.5 Å². The third kappa shape index (κ3) is 4.60. The Bertz CT molecular complexity index is 571. The summed E-state index contributed by atoms with van der Waals surface area (Å²) in [6.45, 7) is 5.31. The van der Waals surface area contributed by atoms with Crippen LogP contribution in [0.15, 0.2) is 16.8 Å². The molecule has 1 aliphatic carbocycles. The Balaban J connectivity index is 0.00000196. The molecule has 1 aromatic rings. The first-order valence-electron chi connectivity index (χ1n) is 9.44. The molecule has 0 bridgehead atoms. The van der Waals surface area contributed by atoms with Gasteiger partial charge in [0, 0.05) is 25.1 Å². The molecule has 2 aliphatic heterocycles. The second-order valence-electron chi connectivity index (χ2n) is 7.73. The second-order valence-corrected chi connectivity index (χ2v) is 8.51. The van der Waals surface area contributed by atoms with Crippen LogP contribution in [-0.2, 0) is 20.8 Å². The molecule has 2 unspecified atom stereocenters. The zero-order valence-electron chi connectivity index (χ0n) is 15.2. The van der Waals surface area contributed by atoms with Crippen LogP contribution < -0.4 is 5.32 Å². The van der Waals surface area contributed by atoms with Gasteiger partial charge in [-0.25, -0.2) is 0 Å². The van der Waals surface area contributed by atoms with E-state index in [0.717, 1.165) is 45.7 Å². The van der Waals surface area contributed by atoms with Gasteiger partial charge >= 0.3 is 0 Å². The molecule has 26 heavy (non-hydrogen) atoms. The Labute approximate surface area is 165 Å². The summed E-state index contributed by atoms with van der Waals surface area (Å²) in [6, 6.07) is 2.51. The van der Waals surface area contributed by atoms with Gasteiger partial charge in [0.15, 0.2) is 0 Å². The van der Waals surface area contributed by atoms with Gasteiger partial charge in [-0.3, -0.25) is 4.79 Å². The molecule has 3 heterocycles. The smallest absolute Gasteiger partial charge is 0.249 e. The van der Waals surface area contributed by atoms with E-state index >= 15 is 0 Å². The fourth-order valence-corrected chi connectivity index (χ4v) is 4.95. The van der Waals surface area contributed by atoms with Crippen molar-refractivity contribution in [2.24, 2.45) is 11.3 Å². The lowest BCUT2D eigenvalue weighted by Gasteiger charge is -2.29. The number of halogens is 1. The summed E-state index contributed by atoms with van der Waals surface area (Å²) >= 11 is 1.69. The number of piperidine rings is 1. The van der Waals surface area contributed by atoms with E-state index in [1.54, 1.807) is 11.3 Å². The minimum absolute atomic E-state index is 0. The molecule has 2 atom stereocenters. The molecule has 0 aromatic carbocycles. The molecule has 1 amide bonds. The Hall–Kier alpha value is -0.660. The van der Waals surface area contributed by atoms with Crippen LogP contribution in [0.1, 0.15) is 31.2 Å². The lowest BCUT2D eigenvalue weighted by Crippen LogP contribution is -2.40. The van der Waals surface area contributed by atoms with Crippen molar-refractivity contribution in [3.8, 4) is 0 Å². The number of hydrogen-bond donors (Lipinski definition) is 1. The predicted octanol–water partition coefficient (Wildman–Crippen LogP) is 2.69. The summed E-state index contributed by atoms with van der Waals surface area (Å²) in [5, 5.41) is 7.67. The molecule has 146 valence electrons. The third-order valence-corrected chi connectivity index (χ3v) is 6.71. The third-order valence-electron chi connectivity index (χ3n) is 5.98. The topological polar surface area (TPSA) is 50.8 Å². The molecule has 1 saturated carbocycles. The van der Waals surface area contributed by atoms with Crippen molar-refractivity contribution < 1.29 is 14.3 Å². The normalized spacial score (nSPS) is 26.5. The van der Waals surface area contributed by atoms with E-state index in [4.69, 9.17) is 9.47 Å². The van der Waals surface area contributed by atoms with E-state index in [9.17, 15) is 4.79 Å². The van der Waals surface area contributed by atoms with Gasteiger partial charge in [-0.05, 0) is 66.6 Å². The van der Waals surface area contributed by atoms with E-state index in [0.29, 0.717) is 24.0 Å². The standard InChI is InChI=1S/C19H28N2O3S.ClH/c22-18(13-24-12-16-1-7-23-11-16)21(10-15-2-8-25-14-15)17-9-19(17)3-5-20-6-4-19;/h2,8,14,16-17,20H,1,3-7,9-13H2;1H. The monoisotopic (exact) mass is 400 g/mol. The lowest BCUT2D eigenvalue weighted by molar-refractivity contribution is -0.138. The van der Waals surface area contributed by atoms with Crippen LogP contribution in [0.5, 0.6) is 0 Å². The maximum Gasteiger partial charge on any atom is 0.249 e. The van der Waals surface area contributed by atoms with Crippen LogP contribution in [0, 0.1) is 11.3 Å². The Morgan fingerprint density at radius 2 is 2.27 bits per heavy atom. The molecule has 5 nitrogen and oxygen atoms in total. The molecular weight excluding hydrogens is 372 g/mol. The number of carbonyl (C=O) groups is 1. The lowest BCUT2D eigenvalue weighted by atomic mass is 9.93. The number of ether oxygens (including phenoxy) is 2. The Morgan fingerprint density at radius 1 is 1.42 bits per heavy atom. The molecule has 3 fully saturated rings. The average molecular weight is 401 g/mol. The van der Waals surface area contributed by atoms with Gasteiger partial charge in [-0.2, -0.15) is 11.3 Å². The van der Waals surface area contributed by atoms with Crippen LogP contribution in [-0.4, -0.2) is 56.4 Å². The van der Waals surface area contributed by atoms with E-state index in [2.05, 4.69) is 27.0 Å². The van der Waals surface area contributed by atoms with Gasteiger partial charge in [-0.15, -0.1) is 12.4 Å². The Morgan fingerprint density at radius 3 is 2.96 bits per heavy atom. The minimum atomic E-state index is 0. The summed E-state index contributed by atoms with van der Waals surface area (Å²) in [7, 11) is 0. The van der Waals surface area contributed by atoms with Crippen molar-refractivity contribution in [1.82, 2.24) is 10.2 Å². The maximum absolute atomic E-state index is 12.9. The number of rotatable bonds is 7. The molecule has 2 saturated heterocycles. The van der Waals surface area contributed by atoms with Crippen LogP contribution >= 0.6 is 23.7 Å². The summed E-state index contributed by atoms with van der Waals surface area (Å²) in [4.78, 5) is 15.0. The van der Waals surface area contributed by atoms with Crippen molar-refractivity contribution in [3.05, 3.63) is 22.4 Å². The summed E-state index contributed by atoms with van der Waals surface area (Å²) in [5.41, 5.74) is 1.59. The van der Waals surface area contributed by atoms with Crippen LogP contribution in [0.25, 0.3) is 0 Å². The first-order valence-corrected chi connectivity index (χ1v) is 10.4. The van der Waals surface area contributed by atoms with E-state index in [-0.39, 0.29) is 24.9 Å². The Kier molecular flexibility index (Phi) is 6.97. The number of hydrogen-bond acceptors (Lipinski definition) is 5. The van der Waals surface area contributed by atoms with E-state index in [1.807, 2.05) is 0 Å². The predicted molar refractivity (Wildman–Crippen MR) is 105 cm³/mol. The van der Waals surface area contributed by atoms with E-state index in [1.165, 1.54) is 18.4 Å². The highest BCUT2D eigenvalue weighted by Crippen LogP contribution is 2.56. The number of carbonyl (C=O) groups excluding carboxylic acids is 1. The highest BCUT2D eigenvalue weighted by molar-refractivity contribution is 7.07. The fourth-order valence-electron chi connectivity index (χ4n) is 4.29. The summed E-state index contributed by atoms with van der Waals surface area (Å²) < 4.78 is 11.1. The minimum Gasteiger partial charge on any atom is -0.381 e. The average Bonchev–Trinajstić information content (AvgIpc) is 3.07. The number of amides is 1. The molecule has 4 rings (SSSR count). The van der Waals surface area contributed by atoms with E-state index < -0.39 is 0 Å². The zero-order valence-corrected chi connectivity index (χ0v) is 16.8. The van der Waals surface area contributed by atoms with Crippen molar-refractivity contribution in [3.63, 3.8) is 0 Å². The number of thiophene rings is 1. The number of nitrogens with one attached hydrogen (secondary N) is 1. The van der Waals surface area contributed by atoms with Crippen LogP contribution in [0.4, 0.5) is 0 Å². The van der Waals surface area contributed by atoms with Crippen LogP contribution in [0.2, 0.25) is 0 Å². The SMILES string of the molecule is Cl.O=C(COCC1CCOC1)N(Cc1ccsc1)C1CC12CCNCC2. The largest absolute Gasteiger partial charge is 0.381 e. The summed E-state index contributed by atoms with van der Waals surface area (Å²) in [5.74, 6) is 0.598. The molecule has 7 heteroatoms. The molecule has 3 aliphatic rings. The van der Waals surface area contributed by atoms with Gasteiger partial charge < -0.3 is 19.7 Å². The molecule has 1 spiro atoms. The highest BCUT2D eigenvalue weighted by Gasteiger charge is 2.57. The molecule has 1 N–H and O–H groups in total. The summed E-state index contributed by atoms with van der Waals surface area (Å²) in [6.07, 6.45) is 4.57. The highest BCUT2D eigenvalue weighted by atomic mass is 35.5. The molecule has 1 aromatic heterocycles. The first-order chi connectivity index (χ1) is 12.3. The van der Waals surface area contributed by atoms with Crippen molar-refractivity contribution in [1.29, 1.82) is 0 Å². The van der Waals surface area contributed by atoms with Gasteiger partial charge in [0.1, 0.15) is 6.61 Å². The second kappa shape index (κ2) is 9.02. The quantitative estimate of drug-likeness (QED) is 0.764. The molecular formula is C19H29ClN2O3S. The van der Waals surface area contributed by atoms with Gasteiger partial charge in [0.2, 0.25) is 5.91 Å². The van der Waals surface area contributed by atoms with Crippen molar-refractivity contribution >= 4 is 29.7 Å². The first kappa shape index (κ1) is 20.1. The van der Waals surface area contributed by atoms with Gasteiger partial charge in [-0.1, -0.05) is 0 Å². The maximum atomic E-state index is 12.9. The van der Waals surface area contributed by atoms with Gasteiger partial charge in [0.25, 0.3) is 0 Å². The van der Waals surface area contributed by atoms with Crippen LogP contribution in [0.3, 0.4) is 0 Å². The van der Waals surface area contributed by atoms with Crippen molar-refractivity contribution in [2.45, 2.75) is 38.3 Å². The molecule has 0 radical (unpaired) electrons. The fraction of sp³-hybridized carbons (Fsp3) is 0.737. The number of nitrogens with zero attached hydrogens (tertiary/aromatic N) is 1. The zero-order chi connectivity index (χ0) is 17.1.